The van der Waals surface area contributed by atoms with Gasteiger partial charge in [0.05, 0.1) is 0 Å². The van der Waals surface area contributed by atoms with Gasteiger partial charge in [-0.1, -0.05) is 41.5 Å². The van der Waals surface area contributed by atoms with Crippen molar-refractivity contribution in [2.24, 2.45) is 16.7 Å². The molecule has 0 aliphatic heterocycles. The van der Waals surface area contributed by atoms with Gasteiger partial charge in [-0.3, -0.25) is 4.79 Å². The van der Waals surface area contributed by atoms with Crippen molar-refractivity contribution in [1.29, 1.82) is 0 Å². The van der Waals surface area contributed by atoms with E-state index in [1.807, 2.05) is 0 Å². The van der Waals surface area contributed by atoms with Crippen molar-refractivity contribution in [1.82, 2.24) is 0 Å². The Kier molecular flexibility index (Phi) is 3.77. The number of hydrogen-bond donors (Lipinski definition) is 0. The van der Waals surface area contributed by atoms with Crippen LogP contribution in [0.5, 0.6) is 0 Å². The van der Waals surface area contributed by atoms with E-state index in [2.05, 4.69) is 41.5 Å². The summed E-state index contributed by atoms with van der Waals surface area (Å²) < 4.78 is 6.58. The van der Waals surface area contributed by atoms with Gasteiger partial charge in [-0.05, 0) is 42.3 Å². The van der Waals surface area contributed by atoms with Crippen LogP contribution < -0.4 is 0 Å². The summed E-state index contributed by atoms with van der Waals surface area (Å²) >= 11 is 0. The number of carbonyl (C=O) groups excluding carboxylic acids is 1. The van der Waals surface area contributed by atoms with E-state index >= 15 is 0 Å². The quantitative estimate of drug-likeness (QED) is 0.699. The SMILES string of the molecule is CC[Si](CC)(CC)O[C@H]1C(=O)[C@]2(C)CC[C@H]1C2(C)C. The third kappa shape index (κ3) is 1.88. The van der Waals surface area contributed by atoms with Gasteiger partial charge in [0, 0.05) is 5.41 Å². The normalized spacial score (nSPS) is 37.1. The average molecular weight is 282 g/mol. The second-order valence-corrected chi connectivity index (χ2v) is 12.1. The van der Waals surface area contributed by atoms with E-state index in [4.69, 9.17) is 4.43 Å². The second kappa shape index (κ2) is 4.69. The van der Waals surface area contributed by atoms with Crippen molar-refractivity contribution in [2.45, 2.75) is 78.6 Å². The first-order valence-corrected chi connectivity index (χ1v) is 10.5. The lowest BCUT2D eigenvalue weighted by molar-refractivity contribution is -0.134. The fraction of sp³-hybridized carbons (Fsp3) is 0.938. The highest BCUT2D eigenvalue weighted by atomic mass is 28.4. The van der Waals surface area contributed by atoms with Gasteiger partial charge in [-0.15, -0.1) is 0 Å². The Morgan fingerprint density at radius 2 is 1.68 bits per heavy atom. The molecule has 0 spiro atoms. The Balaban J connectivity index is 2.27. The largest absolute Gasteiger partial charge is 0.407 e. The maximum Gasteiger partial charge on any atom is 0.193 e. The lowest BCUT2D eigenvalue weighted by Crippen LogP contribution is -2.46. The van der Waals surface area contributed by atoms with Crippen LogP contribution in [0.1, 0.15) is 54.4 Å². The first-order chi connectivity index (χ1) is 8.78. The van der Waals surface area contributed by atoms with Crippen LogP contribution in [0, 0.1) is 16.7 Å². The predicted octanol–water partition coefficient (Wildman–Crippen LogP) is 4.40. The molecule has 3 heteroatoms. The van der Waals surface area contributed by atoms with Gasteiger partial charge < -0.3 is 4.43 Å². The smallest absolute Gasteiger partial charge is 0.193 e. The lowest BCUT2D eigenvalue weighted by atomic mass is 9.70. The zero-order valence-corrected chi connectivity index (χ0v) is 14.5. The van der Waals surface area contributed by atoms with Gasteiger partial charge in [-0.25, -0.2) is 0 Å². The van der Waals surface area contributed by atoms with Crippen LogP contribution in [-0.2, 0) is 9.22 Å². The van der Waals surface area contributed by atoms with Crippen LogP contribution in [-0.4, -0.2) is 20.2 Å². The van der Waals surface area contributed by atoms with Crippen LogP contribution >= 0.6 is 0 Å². The molecule has 0 radical (unpaired) electrons. The molecular weight excluding hydrogens is 252 g/mol. The first kappa shape index (κ1) is 15.2. The lowest BCUT2D eigenvalue weighted by Gasteiger charge is -2.35. The molecule has 0 amide bonds. The van der Waals surface area contributed by atoms with E-state index in [1.54, 1.807) is 0 Å². The number of ketones is 1. The zero-order chi connectivity index (χ0) is 14.5. The fourth-order valence-corrected chi connectivity index (χ4v) is 7.22. The monoisotopic (exact) mass is 282 g/mol. The number of carbonyl (C=O) groups is 1. The Bertz CT molecular complexity index is 365. The molecule has 0 heterocycles. The molecule has 3 atom stereocenters. The predicted molar refractivity (Wildman–Crippen MR) is 81.7 cm³/mol. The van der Waals surface area contributed by atoms with Crippen molar-refractivity contribution >= 4 is 14.1 Å². The van der Waals surface area contributed by atoms with Crippen molar-refractivity contribution < 1.29 is 9.22 Å². The maximum absolute atomic E-state index is 12.8. The molecule has 0 aromatic rings. The van der Waals surface area contributed by atoms with Crippen LogP contribution in [0.3, 0.4) is 0 Å². The van der Waals surface area contributed by atoms with E-state index in [0.717, 1.165) is 24.6 Å². The first-order valence-electron chi connectivity index (χ1n) is 8.00. The fourth-order valence-electron chi connectivity index (χ4n) is 4.41. The number of Topliss-reactive ketones (excluding diaryl/α,β-unsaturated/α-hetero) is 1. The summed E-state index contributed by atoms with van der Waals surface area (Å²) in [5.41, 5.74) is -0.0260. The van der Waals surface area contributed by atoms with Gasteiger partial charge in [0.2, 0.25) is 0 Å². The molecule has 2 rings (SSSR count). The molecular formula is C16H30O2Si. The van der Waals surface area contributed by atoms with Crippen molar-refractivity contribution in [2.75, 3.05) is 0 Å². The summed E-state index contributed by atoms with van der Waals surface area (Å²) in [5.74, 6) is 0.850. The summed E-state index contributed by atoms with van der Waals surface area (Å²) in [6, 6.07) is 3.40. The van der Waals surface area contributed by atoms with E-state index < -0.39 is 8.32 Å². The van der Waals surface area contributed by atoms with Crippen molar-refractivity contribution in [3.8, 4) is 0 Å². The Morgan fingerprint density at radius 1 is 1.16 bits per heavy atom. The molecule has 0 N–H and O–H groups in total. The molecule has 0 aromatic heterocycles. The maximum atomic E-state index is 12.8. The summed E-state index contributed by atoms with van der Waals surface area (Å²) in [6.45, 7) is 13.4. The van der Waals surface area contributed by atoms with E-state index in [1.165, 1.54) is 6.42 Å². The van der Waals surface area contributed by atoms with Gasteiger partial charge in [-0.2, -0.15) is 0 Å². The topological polar surface area (TPSA) is 26.3 Å². The highest BCUT2D eigenvalue weighted by Gasteiger charge is 2.67. The molecule has 2 bridgehead atoms. The molecule has 19 heavy (non-hydrogen) atoms. The molecule has 0 saturated heterocycles. The summed E-state index contributed by atoms with van der Waals surface area (Å²) in [5, 5.41) is 0. The molecule has 110 valence electrons. The Hall–Kier alpha value is -0.153. The highest BCUT2D eigenvalue weighted by Crippen LogP contribution is 2.64. The highest BCUT2D eigenvalue weighted by molar-refractivity contribution is 6.73. The van der Waals surface area contributed by atoms with E-state index in [0.29, 0.717) is 11.7 Å². The van der Waals surface area contributed by atoms with Crippen LogP contribution in [0.2, 0.25) is 18.1 Å². The molecule has 0 unspecified atom stereocenters. The molecule has 2 nitrogen and oxygen atoms in total. The summed E-state index contributed by atoms with van der Waals surface area (Å²) in [7, 11) is -1.68. The van der Waals surface area contributed by atoms with Crippen LogP contribution in [0.25, 0.3) is 0 Å². The molecule has 0 aromatic carbocycles. The van der Waals surface area contributed by atoms with E-state index in [9.17, 15) is 4.79 Å². The van der Waals surface area contributed by atoms with Gasteiger partial charge >= 0.3 is 0 Å². The minimum absolute atomic E-state index is 0.0970. The van der Waals surface area contributed by atoms with Gasteiger partial charge in [0.25, 0.3) is 0 Å². The zero-order valence-electron chi connectivity index (χ0n) is 13.5. The summed E-state index contributed by atoms with van der Waals surface area (Å²) in [4.78, 5) is 12.8. The van der Waals surface area contributed by atoms with Crippen LogP contribution in [0.15, 0.2) is 0 Å². The van der Waals surface area contributed by atoms with Crippen molar-refractivity contribution in [3.63, 3.8) is 0 Å². The third-order valence-electron chi connectivity index (χ3n) is 6.78. The number of fused-ring (bicyclic) bond motifs is 2. The standard InChI is InChI=1S/C16H30O2Si/c1-7-19(8-2,9-3)18-13-12-10-11-16(6,14(13)17)15(12,4)5/h12-13H,7-11H2,1-6H3/t12-,13-,16+/m1/s1. The third-order valence-corrected chi connectivity index (χ3v) is 11.4. The Morgan fingerprint density at radius 3 is 2.05 bits per heavy atom. The minimum Gasteiger partial charge on any atom is -0.407 e. The van der Waals surface area contributed by atoms with Gasteiger partial charge in [0.15, 0.2) is 14.1 Å². The molecule has 2 fully saturated rings. The Labute approximate surface area is 119 Å². The average Bonchev–Trinajstić information content (AvgIpc) is 2.70. The number of hydrogen-bond acceptors (Lipinski definition) is 2. The molecule has 2 aliphatic rings. The molecule has 2 saturated carbocycles. The summed E-state index contributed by atoms with van der Waals surface area (Å²) in [6.07, 6.45) is 2.13. The minimum atomic E-state index is -1.68. The second-order valence-electron chi connectivity index (χ2n) is 7.35. The number of rotatable bonds is 5. The van der Waals surface area contributed by atoms with E-state index in [-0.39, 0.29) is 16.9 Å². The van der Waals surface area contributed by atoms with Crippen molar-refractivity contribution in [3.05, 3.63) is 0 Å². The van der Waals surface area contributed by atoms with Gasteiger partial charge in [0.1, 0.15) is 6.10 Å². The molecule has 2 aliphatic carbocycles. The van der Waals surface area contributed by atoms with Crippen LogP contribution in [0.4, 0.5) is 0 Å².